The molecular formula is C28H28FN9O. The van der Waals surface area contributed by atoms with E-state index in [1.807, 2.05) is 50.0 Å². The third-order valence-corrected chi connectivity index (χ3v) is 7.87. The van der Waals surface area contributed by atoms with Crippen LogP contribution in [-0.4, -0.2) is 39.9 Å². The SMILES string of the molecule is Cc1c(-c2cc3cc(Nc4cc5n(n4)Cc4nccn4CC5)ncc3c(N)c2F)cnc2c1NC(C)(C)C2O. The zero-order valence-electron chi connectivity index (χ0n) is 21.8. The maximum atomic E-state index is 15.6. The fourth-order valence-electron chi connectivity index (χ4n) is 5.60. The van der Waals surface area contributed by atoms with Gasteiger partial charge in [0.25, 0.3) is 0 Å². The van der Waals surface area contributed by atoms with Crippen LogP contribution < -0.4 is 16.4 Å². The summed E-state index contributed by atoms with van der Waals surface area (Å²) in [5, 5.41) is 23.2. The minimum Gasteiger partial charge on any atom is -0.396 e. The van der Waals surface area contributed by atoms with Crippen molar-refractivity contribution in [1.29, 1.82) is 0 Å². The molecule has 1 unspecified atom stereocenters. The molecular weight excluding hydrogens is 497 g/mol. The van der Waals surface area contributed by atoms with E-state index in [1.54, 1.807) is 18.5 Å². The van der Waals surface area contributed by atoms with Crippen molar-refractivity contribution in [2.75, 3.05) is 16.4 Å². The molecule has 5 N–H and O–H groups in total. The number of aliphatic hydroxyl groups excluding tert-OH is 1. The topological polar surface area (TPSA) is 132 Å². The summed E-state index contributed by atoms with van der Waals surface area (Å²) in [6, 6.07) is 5.63. The number of halogens is 1. The van der Waals surface area contributed by atoms with Crippen molar-refractivity contribution in [2.24, 2.45) is 0 Å². The Bertz CT molecular complexity index is 1790. The van der Waals surface area contributed by atoms with Crippen LogP contribution >= 0.6 is 0 Å². The molecule has 0 saturated heterocycles. The van der Waals surface area contributed by atoms with Crippen LogP contribution in [0.1, 0.15) is 42.7 Å². The predicted molar refractivity (Wildman–Crippen MR) is 147 cm³/mol. The maximum absolute atomic E-state index is 15.6. The van der Waals surface area contributed by atoms with Crippen molar-refractivity contribution in [1.82, 2.24) is 29.3 Å². The van der Waals surface area contributed by atoms with E-state index in [4.69, 9.17) is 10.8 Å². The van der Waals surface area contributed by atoms with E-state index in [2.05, 4.69) is 30.2 Å². The van der Waals surface area contributed by atoms with Crippen molar-refractivity contribution in [2.45, 2.75) is 51.9 Å². The van der Waals surface area contributed by atoms with Gasteiger partial charge in [0.05, 0.1) is 29.2 Å². The smallest absolute Gasteiger partial charge is 0.154 e. The average Bonchev–Trinajstić information content (AvgIpc) is 3.55. The first kappa shape index (κ1) is 23.6. The van der Waals surface area contributed by atoms with Crippen LogP contribution in [0.5, 0.6) is 0 Å². The van der Waals surface area contributed by atoms with Crippen molar-refractivity contribution >= 4 is 33.8 Å². The lowest BCUT2D eigenvalue weighted by Gasteiger charge is -2.22. The van der Waals surface area contributed by atoms with Gasteiger partial charge in [0.2, 0.25) is 0 Å². The van der Waals surface area contributed by atoms with Gasteiger partial charge in [-0.3, -0.25) is 9.67 Å². The van der Waals surface area contributed by atoms with Gasteiger partial charge >= 0.3 is 0 Å². The van der Waals surface area contributed by atoms with Crippen LogP contribution in [0, 0.1) is 12.7 Å². The fraction of sp³-hybridized carbons (Fsp3) is 0.286. The molecule has 198 valence electrons. The number of aliphatic hydroxyl groups is 1. The highest BCUT2D eigenvalue weighted by Crippen LogP contribution is 2.45. The van der Waals surface area contributed by atoms with Crippen molar-refractivity contribution in [3.63, 3.8) is 0 Å². The first-order valence-corrected chi connectivity index (χ1v) is 12.9. The van der Waals surface area contributed by atoms with E-state index in [0.717, 1.165) is 41.1 Å². The monoisotopic (exact) mass is 525 g/mol. The summed E-state index contributed by atoms with van der Waals surface area (Å²) in [6.45, 7) is 7.16. The highest BCUT2D eigenvalue weighted by atomic mass is 19.1. The number of fused-ring (bicyclic) bond motifs is 4. The van der Waals surface area contributed by atoms with E-state index >= 15 is 4.39 Å². The number of nitrogens with two attached hydrogens (primary N) is 1. The number of nitrogens with one attached hydrogen (secondary N) is 2. The van der Waals surface area contributed by atoms with Crippen molar-refractivity contribution < 1.29 is 9.50 Å². The van der Waals surface area contributed by atoms with Gasteiger partial charge in [-0.05, 0) is 43.9 Å². The van der Waals surface area contributed by atoms with Gasteiger partial charge in [-0.25, -0.2) is 14.4 Å². The number of hydrogen-bond acceptors (Lipinski definition) is 8. The Morgan fingerprint density at radius 3 is 2.82 bits per heavy atom. The standard InChI is InChI=1S/C28H28FN9O/c1-14-18(11-33-26-25(14)35-28(2,3)27(26)39)17-8-15-9-20(32-12-19(15)24(30)23(17)29)34-21-10-16-4-6-37-7-5-31-22(37)13-38(16)36-21/h5,7-12,27,35,39H,4,6,13,30H2,1-3H3,(H,32,34,36). The number of pyridine rings is 2. The van der Waals surface area contributed by atoms with E-state index in [9.17, 15) is 5.11 Å². The van der Waals surface area contributed by atoms with Crippen LogP contribution in [0.3, 0.4) is 0 Å². The van der Waals surface area contributed by atoms with Crippen LogP contribution in [0.4, 0.5) is 27.4 Å². The first-order chi connectivity index (χ1) is 18.7. The second-order valence-electron chi connectivity index (χ2n) is 10.8. The molecule has 39 heavy (non-hydrogen) atoms. The molecule has 2 aliphatic rings. The van der Waals surface area contributed by atoms with Gasteiger partial charge in [0, 0.05) is 66.0 Å². The van der Waals surface area contributed by atoms with E-state index in [0.29, 0.717) is 40.4 Å². The lowest BCUT2D eigenvalue weighted by molar-refractivity contribution is 0.123. The first-order valence-electron chi connectivity index (χ1n) is 12.9. The number of anilines is 4. The average molecular weight is 526 g/mol. The largest absolute Gasteiger partial charge is 0.396 e. The second-order valence-corrected chi connectivity index (χ2v) is 10.8. The van der Waals surface area contributed by atoms with Crippen LogP contribution in [0.2, 0.25) is 0 Å². The number of nitrogen functional groups attached to an aromatic ring is 1. The molecule has 0 bridgehead atoms. The van der Waals surface area contributed by atoms with Crippen LogP contribution in [0.25, 0.3) is 21.9 Å². The van der Waals surface area contributed by atoms with Gasteiger partial charge in [-0.15, -0.1) is 0 Å². The van der Waals surface area contributed by atoms with Crippen molar-refractivity contribution in [3.05, 3.63) is 71.6 Å². The Morgan fingerprint density at radius 1 is 1.13 bits per heavy atom. The summed E-state index contributed by atoms with van der Waals surface area (Å²) in [5.41, 5.74) is 9.87. The molecule has 0 fully saturated rings. The number of hydrogen-bond donors (Lipinski definition) is 4. The zero-order chi connectivity index (χ0) is 27.1. The Kier molecular flexibility index (Phi) is 4.99. The molecule has 0 aliphatic carbocycles. The third kappa shape index (κ3) is 3.64. The molecule has 7 rings (SSSR count). The number of imidazole rings is 1. The highest BCUT2D eigenvalue weighted by Gasteiger charge is 2.40. The molecule has 0 radical (unpaired) electrons. The van der Waals surface area contributed by atoms with Crippen molar-refractivity contribution in [3.8, 4) is 11.1 Å². The molecule has 1 atom stereocenters. The van der Waals surface area contributed by atoms with Crippen LogP contribution in [-0.2, 0) is 19.5 Å². The van der Waals surface area contributed by atoms with Crippen LogP contribution in [0.15, 0.2) is 43.0 Å². The minimum atomic E-state index is -0.758. The normalized spacial score (nSPS) is 17.3. The number of aryl methyl sites for hydroxylation is 2. The summed E-state index contributed by atoms with van der Waals surface area (Å²) >= 11 is 0. The lowest BCUT2D eigenvalue weighted by Crippen LogP contribution is -2.32. The van der Waals surface area contributed by atoms with E-state index in [1.165, 1.54) is 0 Å². The molecule has 0 spiro atoms. The van der Waals surface area contributed by atoms with E-state index in [-0.39, 0.29) is 5.69 Å². The molecule has 10 nitrogen and oxygen atoms in total. The predicted octanol–water partition coefficient (Wildman–Crippen LogP) is 4.31. The molecule has 0 saturated carbocycles. The molecule has 0 amide bonds. The Labute approximate surface area is 223 Å². The fourth-order valence-corrected chi connectivity index (χ4v) is 5.60. The Hall–Kier alpha value is -4.51. The number of rotatable bonds is 3. The van der Waals surface area contributed by atoms with Gasteiger partial charge in [-0.2, -0.15) is 5.10 Å². The zero-order valence-corrected chi connectivity index (χ0v) is 21.8. The molecule has 2 aliphatic heterocycles. The Balaban J connectivity index is 1.25. The highest BCUT2D eigenvalue weighted by molar-refractivity contribution is 5.98. The maximum Gasteiger partial charge on any atom is 0.154 e. The second kappa shape index (κ2) is 8.24. The summed E-state index contributed by atoms with van der Waals surface area (Å²) in [4.78, 5) is 13.4. The van der Waals surface area contributed by atoms with Gasteiger partial charge < -0.3 is 26.0 Å². The summed E-state index contributed by atoms with van der Waals surface area (Å²) < 4.78 is 19.7. The van der Waals surface area contributed by atoms with Gasteiger partial charge in [0.15, 0.2) is 11.6 Å². The minimum absolute atomic E-state index is 0.0268. The number of nitrogens with zero attached hydrogens (tertiary/aromatic N) is 6. The summed E-state index contributed by atoms with van der Waals surface area (Å²) in [5.74, 6) is 1.70. The summed E-state index contributed by atoms with van der Waals surface area (Å²) in [7, 11) is 0. The molecule has 6 heterocycles. The Morgan fingerprint density at radius 2 is 1.97 bits per heavy atom. The lowest BCUT2D eigenvalue weighted by atomic mass is 9.96. The molecule has 1 aromatic carbocycles. The number of aromatic nitrogens is 6. The quantitative estimate of drug-likeness (QED) is 0.256. The molecule has 4 aromatic heterocycles. The van der Waals surface area contributed by atoms with Gasteiger partial charge in [-0.1, -0.05) is 0 Å². The van der Waals surface area contributed by atoms with Gasteiger partial charge in [0.1, 0.15) is 17.7 Å². The molecule has 5 aromatic rings. The van der Waals surface area contributed by atoms with E-state index < -0.39 is 17.5 Å². The molecule has 11 heteroatoms. The summed E-state index contributed by atoms with van der Waals surface area (Å²) in [6.07, 6.45) is 7.07. The third-order valence-electron chi connectivity index (χ3n) is 7.87. The number of benzene rings is 1.